The Bertz CT molecular complexity index is 724. The molecule has 2 saturated heterocycles. The number of benzene rings is 1. The molecule has 3 aliphatic heterocycles. The summed E-state index contributed by atoms with van der Waals surface area (Å²) in [4.78, 5) is 9.74. The molecule has 6 heteroatoms. The van der Waals surface area contributed by atoms with E-state index in [0.717, 1.165) is 71.2 Å². The first-order valence-electron chi connectivity index (χ1n) is 12.3. The predicted molar refractivity (Wildman–Crippen MR) is 127 cm³/mol. The van der Waals surface area contributed by atoms with Crippen molar-refractivity contribution < 1.29 is 9.47 Å². The lowest BCUT2D eigenvalue weighted by molar-refractivity contribution is -0.0721. The van der Waals surface area contributed by atoms with Crippen molar-refractivity contribution in [2.24, 2.45) is 4.99 Å². The average molecular weight is 429 g/mol. The van der Waals surface area contributed by atoms with Crippen LogP contribution in [0, 0.1) is 0 Å². The Morgan fingerprint density at radius 2 is 2.03 bits per heavy atom. The molecule has 1 aromatic rings. The first kappa shape index (κ1) is 22.4. The van der Waals surface area contributed by atoms with Gasteiger partial charge < -0.3 is 24.6 Å². The molecule has 0 spiro atoms. The molecule has 0 amide bonds. The van der Waals surface area contributed by atoms with Gasteiger partial charge in [-0.25, -0.2) is 4.99 Å². The molecule has 0 saturated carbocycles. The van der Waals surface area contributed by atoms with Gasteiger partial charge >= 0.3 is 0 Å². The summed E-state index contributed by atoms with van der Waals surface area (Å²) in [6.45, 7) is 8.57. The first-order chi connectivity index (χ1) is 15.2. The van der Waals surface area contributed by atoms with Crippen LogP contribution >= 0.6 is 0 Å². The SMILES string of the molecule is CCNC(=NCc1ccc2c(c1)CCCN2C)N1CCC(OCC2CCCCO2)CC1. The number of rotatable bonds is 6. The second-order valence-corrected chi connectivity index (χ2v) is 9.17. The van der Waals surface area contributed by atoms with Crippen LogP contribution in [0.3, 0.4) is 0 Å². The molecule has 1 aromatic carbocycles. The molecule has 3 aliphatic rings. The number of nitrogens with zero attached hydrogens (tertiary/aromatic N) is 3. The Morgan fingerprint density at radius 3 is 2.81 bits per heavy atom. The zero-order chi connectivity index (χ0) is 21.5. The van der Waals surface area contributed by atoms with E-state index in [0.29, 0.717) is 12.2 Å². The van der Waals surface area contributed by atoms with E-state index in [2.05, 4.69) is 47.3 Å². The van der Waals surface area contributed by atoms with Gasteiger partial charge in [-0.1, -0.05) is 12.1 Å². The van der Waals surface area contributed by atoms with Crippen LogP contribution < -0.4 is 10.2 Å². The first-order valence-corrected chi connectivity index (χ1v) is 12.3. The highest BCUT2D eigenvalue weighted by molar-refractivity contribution is 5.80. The lowest BCUT2D eigenvalue weighted by Crippen LogP contribution is -2.47. The smallest absolute Gasteiger partial charge is 0.194 e. The fourth-order valence-corrected chi connectivity index (χ4v) is 4.95. The van der Waals surface area contributed by atoms with Crippen LogP contribution in [0.1, 0.15) is 56.6 Å². The van der Waals surface area contributed by atoms with E-state index >= 15 is 0 Å². The molecule has 1 N–H and O–H groups in total. The molecule has 2 fully saturated rings. The van der Waals surface area contributed by atoms with Crippen molar-refractivity contribution >= 4 is 11.6 Å². The molecule has 0 radical (unpaired) electrons. The maximum atomic E-state index is 6.19. The number of nitrogens with one attached hydrogen (secondary N) is 1. The van der Waals surface area contributed by atoms with Gasteiger partial charge in [-0.2, -0.15) is 0 Å². The third-order valence-corrected chi connectivity index (χ3v) is 6.77. The van der Waals surface area contributed by atoms with Crippen LogP contribution in [-0.2, 0) is 22.4 Å². The molecule has 6 nitrogen and oxygen atoms in total. The van der Waals surface area contributed by atoms with E-state index in [9.17, 15) is 0 Å². The van der Waals surface area contributed by atoms with Crippen molar-refractivity contribution in [3.05, 3.63) is 29.3 Å². The lowest BCUT2D eigenvalue weighted by atomic mass is 10.00. The number of ether oxygens (including phenoxy) is 2. The predicted octanol–water partition coefficient (Wildman–Crippen LogP) is 3.58. The molecule has 0 aromatic heterocycles. The van der Waals surface area contributed by atoms with Crippen LogP contribution in [0.25, 0.3) is 0 Å². The van der Waals surface area contributed by atoms with Crippen LogP contribution in [-0.4, -0.2) is 69.5 Å². The largest absolute Gasteiger partial charge is 0.376 e. The maximum Gasteiger partial charge on any atom is 0.194 e. The fourth-order valence-electron chi connectivity index (χ4n) is 4.95. The van der Waals surface area contributed by atoms with Crippen molar-refractivity contribution in [2.75, 3.05) is 51.3 Å². The highest BCUT2D eigenvalue weighted by atomic mass is 16.5. The van der Waals surface area contributed by atoms with E-state index in [4.69, 9.17) is 14.5 Å². The Kier molecular flexibility index (Phi) is 8.09. The Balaban J connectivity index is 1.29. The van der Waals surface area contributed by atoms with Crippen molar-refractivity contribution in [3.8, 4) is 0 Å². The summed E-state index contributed by atoms with van der Waals surface area (Å²) in [7, 11) is 2.19. The zero-order valence-electron chi connectivity index (χ0n) is 19.4. The van der Waals surface area contributed by atoms with Gasteiger partial charge in [-0.05, 0) is 69.1 Å². The van der Waals surface area contributed by atoms with E-state index in [-0.39, 0.29) is 0 Å². The Labute approximate surface area is 188 Å². The number of aliphatic imine (C=N–C) groups is 1. The summed E-state index contributed by atoms with van der Waals surface area (Å²) in [6.07, 6.45) is 8.81. The summed E-state index contributed by atoms with van der Waals surface area (Å²) < 4.78 is 12.0. The quantitative estimate of drug-likeness (QED) is 0.554. The number of hydrogen-bond donors (Lipinski definition) is 1. The van der Waals surface area contributed by atoms with Gasteiger partial charge in [0.25, 0.3) is 0 Å². The summed E-state index contributed by atoms with van der Waals surface area (Å²) in [5.74, 6) is 1.03. The van der Waals surface area contributed by atoms with Crippen LogP contribution in [0.15, 0.2) is 23.2 Å². The van der Waals surface area contributed by atoms with Crippen LogP contribution in [0.2, 0.25) is 0 Å². The van der Waals surface area contributed by atoms with E-state index < -0.39 is 0 Å². The maximum absolute atomic E-state index is 6.19. The fraction of sp³-hybridized carbons (Fsp3) is 0.720. The third-order valence-electron chi connectivity index (χ3n) is 6.77. The zero-order valence-corrected chi connectivity index (χ0v) is 19.4. The third kappa shape index (κ3) is 6.13. The Hall–Kier alpha value is -1.79. The summed E-state index contributed by atoms with van der Waals surface area (Å²) in [6, 6.07) is 6.86. The van der Waals surface area contributed by atoms with Gasteiger partial charge in [0.15, 0.2) is 5.96 Å². The summed E-state index contributed by atoms with van der Waals surface area (Å²) in [5, 5.41) is 3.50. The molecule has 1 atom stereocenters. The normalized spacial score (nSPS) is 23.0. The molecule has 31 heavy (non-hydrogen) atoms. The lowest BCUT2D eigenvalue weighted by Gasteiger charge is -2.35. The van der Waals surface area contributed by atoms with E-state index in [1.165, 1.54) is 42.5 Å². The number of aryl methyl sites for hydroxylation is 1. The molecule has 0 aliphatic carbocycles. The molecule has 172 valence electrons. The number of anilines is 1. The average Bonchev–Trinajstić information content (AvgIpc) is 2.81. The minimum atomic E-state index is 0.307. The van der Waals surface area contributed by atoms with Crippen molar-refractivity contribution in [2.45, 2.75) is 70.6 Å². The minimum absolute atomic E-state index is 0.307. The van der Waals surface area contributed by atoms with Crippen molar-refractivity contribution in [1.82, 2.24) is 10.2 Å². The van der Waals surface area contributed by atoms with Gasteiger partial charge in [0.2, 0.25) is 0 Å². The van der Waals surface area contributed by atoms with E-state index in [1.54, 1.807) is 0 Å². The molecule has 3 heterocycles. The van der Waals surface area contributed by atoms with Crippen molar-refractivity contribution in [1.29, 1.82) is 0 Å². The molecule has 4 rings (SSSR count). The Morgan fingerprint density at radius 1 is 1.16 bits per heavy atom. The van der Waals surface area contributed by atoms with Gasteiger partial charge in [-0.15, -0.1) is 0 Å². The van der Waals surface area contributed by atoms with Crippen LogP contribution in [0.5, 0.6) is 0 Å². The second kappa shape index (κ2) is 11.2. The minimum Gasteiger partial charge on any atom is -0.376 e. The highest BCUT2D eigenvalue weighted by Crippen LogP contribution is 2.27. The standard InChI is InChI=1S/C25H40N4O2/c1-3-26-25(27-18-20-9-10-24-21(17-20)7-6-13-28(24)2)29-14-11-22(12-15-29)31-19-23-8-4-5-16-30-23/h9-10,17,22-23H,3-8,11-16,18-19H2,1-2H3,(H,26,27). The van der Waals surface area contributed by atoms with Gasteiger partial charge in [0.1, 0.15) is 0 Å². The van der Waals surface area contributed by atoms with Gasteiger partial charge in [0.05, 0.1) is 25.4 Å². The number of guanidine groups is 1. The number of piperidine rings is 1. The molecule has 0 bridgehead atoms. The van der Waals surface area contributed by atoms with E-state index in [1.807, 2.05) is 0 Å². The summed E-state index contributed by atoms with van der Waals surface area (Å²) >= 11 is 0. The topological polar surface area (TPSA) is 49.3 Å². The van der Waals surface area contributed by atoms with Crippen molar-refractivity contribution in [3.63, 3.8) is 0 Å². The highest BCUT2D eigenvalue weighted by Gasteiger charge is 2.24. The second-order valence-electron chi connectivity index (χ2n) is 9.17. The molecule has 1 unspecified atom stereocenters. The molecular weight excluding hydrogens is 388 g/mol. The number of hydrogen-bond acceptors (Lipinski definition) is 4. The van der Waals surface area contributed by atoms with Gasteiger partial charge in [0, 0.05) is 45.5 Å². The van der Waals surface area contributed by atoms with Crippen LogP contribution in [0.4, 0.5) is 5.69 Å². The van der Waals surface area contributed by atoms with Gasteiger partial charge in [-0.3, -0.25) is 0 Å². The molecular formula is C25H40N4O2. The monoisotopic (exact) mass is 428 g/mol. The number of likely N-dealkylation sites (tertiary alicyclic amines) is 1. The summed E-state index contributed by atoms with van der Waals surface area (Å²) in [5.41, 5.74) is 4.15. The number of fused-ring (bicyclic) bond motifs is 1.